The van der Waals surface area contributed by atoms with Crippen molar-refractivity contribution in [1.29, 1.82) is 0 Å². The second kappa shape index (κ2) is 6.06. The van der Waals surface area contributed by atoms with Gasteiger partial charge in [-0.2, -0.15) is 0 Å². The van der Waals surface area contributed by atoms with E-state index in [1.807, 2.05) is 7.05 Å². The number of rotatable bonds is 2. The van der Waals surface area contributed by atoms with Gasteiger partial charge in [-0.05, 0) is 13.5 Å². The molecule has 1 aliphatic rings. The normalized spacial score (nSPS) is 26.9. The number of likely N-dealkylation sites (tertiary alicyclic amines) is 1. The first kappa shape index (κ1) is 13.5. The molecule has 0 aliphatic carbocycles. The number of likely N-dealkylation sites (N-methyl/N-ethyl adjacent to an activating group) is 1. The Morgan fingerprint density at radius 2 is 2.29 bits per heavy atom. The van der Waals surface area contributed by atoms with Crippen molar-refractivity contribution >= 4 is 18.5 Å². The lowest BCUT2D eigenvalue weighted by Crippen LogP contribution is -2.53. The first-order valence-electron chi connectivity index (χ1n) is 4.37. The van der Waals surface area contributed by atoms with Crippen molar-refractivity contribution in [3.63, 3.8) is 0 Å². The second-order valence-electron chi connectivity index (χ2n) is 3.19. The van der Waals surface area contributed by atoms with Gasteiger partial charge in [0, 0.05) is 19.7 Å². The third-order valence-corrected chi connectivity index (χ3v) is 2.50. The number of amides is 1. The minimum absolute atomic E-state index is 0. The van der Waals surface area contributed by atoms with Gasteiger partial charge >= 0.3 is 6.09 Å². The van der Waals surface area contributed by atoms with Gasteiger partial charge in [-0.3, -0.25) is 0 Å². The van der Waals surface area contributed by atoms with Gasteiger partial charge in [0.2, 0.25) is 0 Å². The summed E-state index contributed by atoms with van der Waals surface area (Å²) in [6, 6.07) is 0.264. The molecule has 0 radical (unpaired) electrons. The SMILES string of the molecule is CNC1CCN(C(=O)O)CC1OC.Cl. The van der Waals surface area contributed by atoms with E-state index in [9.17, 15) is 4.79 Å². The molecule has 1 aliphatic heterocycles. The van der Waals surface area contributed by atoms with Crippen LogP contribution in [-0.2, 0) is 4.74 Å². The highest BCUT2D eigenvalue weighted by Gasteiger charge is 2.30. The van der Waals surface area contributed by atoms with E-state index < -0.39 is 6.09 Å². The molecule has 1 heterocycles. The monoisotopic (exact) mass is 224 g/mol. The highest BCUT2D eigenvalue weighted by atomic mass is 35.5. The molecule has 6 heteroatoms. The lowest BCUT2D eigenvalue weighted by Gasteiger charge is -2.36. The van der Waals surface area contributed by atoms with E-state index in [1.165, 1.54) is 4.90 Å². The maximum Gasteiger partial charge on any atom is 0.407 e. The molecule has 0 aromatic rings. The van der Waals surface area contributed by atoms with Gasteiger partial charge in [-0.1, -0.05) is 0 Å². The lowest BCUT2D eigenvalue weighted by molar-refractivity contribution is 0.0117. The number of nitrogens with zero attached hydrogens (tertiary/aromatic N) is 1. The lowest BCUT2D eigenvalue weighted by atomic mass is 10.0. The molecule has 2 N–H and O–H groups in total. The largest absolute Gasteiger partial charge is 0.465 e. The van der Waals surface area contributed by atoms with Crippen LogP contribution < -0.4 is 5.32 Å². The van der Waals surface area contributed by atoms with E-state index in [1.54, 1.807) is 7.11 Å². The molecule has 0 aromatic heterocycles. The van der Waals surface area contributed by atoms with Crippen LogP contribution in [0.15, 0.2) is 0 Å². The number of hydrogen-bond donors (Lipinski definition) is 2. The molecular formula is C8H17ClN2O3. The van der Waals surface area contributed by atoms with Crippen LogP contribution in [0.1, 0.15) is 6.42 Å². The van der Waals surface area contributed by atoms with Crippen LogP contribution >= 0.6 is 12.4 Å². The van der Waals surface area contributed by atoms with E-state index >= 15 is 0 Å². The van der Waals surface area contributed by atoms with E-state index in [0.717, 1.165) is 6.42 Å². The van der Waals surface area contributed by atoms with Crippen molar-refractivity contribution < 1.29 is 14.6 Å². The standard InChI is InChI=1S/C8H16N2O3.ClH/c1-9-6-3-4-10(8(11)12)5-7(6)13-2;/h6-7,9H,3-5H2,1-2H3,(H,11,12);1H. The summed E-state index contributed by atoms with van der Waals surface area (Å²) >= 11 is 0. The number of halogens is 1. The Labute approximate surface area is 89.8 Å². The quantitative estimate of drug-likeness (QED) is 0.713. The number of methoxy groups -OCH3 is 1. The number of carboxylic acid groups (broad SMARTS) is 1. The molecule has 2 atom stereocenters. The van der Waals surface area contributed by atoms with E-state index in [0.29, 0.717) is 13.1 Å². The highest BCUT2D eigenvalue weighted by molar-refractivity contribution is 5.85. The average molecular weight is 225 g/mol. The Morgan fingerprint density at radius 1 is 1.64 bits per heavy atom. The maximum absolute atomic E-state index is 10.7. The summed E-state index contributed by atoms with van der Waals surface area (Å²) in [6.07, 6.45) is -0.0900. The molecule has 0 saturated carbocycles. The molecule has 1 fully saturated rings. The molecule has 1 amide bonds. The third kappa shape index (κ3) is 3.01. The average Bonchev–Trinajstić information content (AvgIpc) is 2.16. The Bertz CT molecular complexity index is 191. The topological polar surface area (TPSA) is 61.8 Å². The Kier molecular flexibility index (Phi) is 5.83. The van der Waals surface area contributed by atoms with Crippen molar-refractivity contribution in [3.05, 3.63) is 0 Å². The van der Waals surface area contributed by atoms with Crippen LogP contribution in [-0.4, -0.2) is 55.5 Å². The number of hydrogen-bond acceptors (Lipinski definition) is 3. The zero-order valence-electron chi connectivity index (χ0n) is 8.40. The Balaban J connectivity index is 0.00000169. The van der Waals surface area contributed by atoms with Gasteiger partial charge < -0.3 is 20.1 Å². The zero-order valence-corrected chi connectivity index (χ0v) is 9.21. The summed E-state index contributed by atoms with van der Waals surface area (Å²) in [7, 11) is 3.48. The molecule has 0 aromatic carbocycles. The molecule has 84 valence electrons. The van der Waals surface area contributed by atoms with Crippen LogP contribution in [0.25, 0.3) is 0 Å². The van der Waals surface area contributed by atoms with Crippen LogP contribution in [0.2, 0.25) is 0 Å². The molecule has 0 bridgehead atoms. The van der Waals surface area contributed by atoms with Crippen LogP contribution in [0.4, 0.5) is 4.79 Å². The van der Waals surface area contributed by atoms with Gasteiger partial charge in [-0.15, -0.1) is 12.4 Å². The van der Waals surface area contributed by atoms with E-state index in [2.05, 4.69) is 5.32 Å². The highest BCUT2D eigenvalue weighted by Crippen LogP contribution is 2.13. The van der Waals surface area contributed by atoms with Gasteiger partial charge in [0.15, 0.2) is 0 Å². The van der Waals surface area contributed by atoms with E-state index in [-0.39, 0.29) is 24.6 Å². The molecular weight excluding hydrogens is 208 g/mol. The first-order chi connectivity index (χ1) is 6.19. The number of ether oxygens (including phenoxy) is 1. The van der Waals surface area contributed by atoms with Crippen LogP contribution in [0.5, 0.6) is 0 Å². The Hall–Kier alpha value is -0.520. The van der Waals surface area contributed by atoms with Crippen LogP contribution in [0.3, 0.4) is 0 Å². The molecule has 2 unspecified atom stereocenters. The first-order valence-corrected chi connectivity index (χ1v) is 4.37. The van der Waals surface area contributed by atoms with Crippen molar-refractivity contribution in [2.24, 2.45) is 0 Å². The summed E-state index contributed by atoms with van der Waals surface area (Å²) in [5.41, 5.74) is 0. The van der Waals surface area contributed by atoms with Gasteiger partial charge in [0.05, 0.1) is 12.6 Å². The number of carbonyl (C=O) groups is 1. The second-order valence-corrected chi connectivity index (χ2v) is 3.19. The predicted octanol–water partition coefficient (Wildman–Crippen LogP) is 0.395. The predicted molar refractivity (Wildman–Crippen MR) is 55.1 cm³/mol. The summed E-state index contributed by atoms with van der Waals surface area (Å²) in [4.78, 5) is 12.1. The zero-order chi connectivity index (χ0) is 9.84. The smallest absolute Gasteiger partial charge is 0.407 e. The summed E-state index contributed by atoms with van der Waals surface area (Å²) in [6.45, 7) is 1.04. The van der Waals surface area contributed by atoms with E-state index in [4.69, 9.17) is 9.84 Å². The summed E-state index contributed by atoms with van der Waals surface area (Å²) in [5, 5.41) is 11.9. The van der Waals surface area contributed by atoms with Crippen molar-refractivity contribution in [3.8, 4) is 0 Å². The van der Waals surface area contributed by atoms with Crippen molar-refractivity contribution in [2.75, 3.05) is 27.2 Å². The molecule has 0 spiro atoms. The maximum atomic E-state index is 10.7. The van der Waals surface area contributed by atoms with Crippen molar-refractivity contribution in [1.82, 2.24) is 10.2 Å². The molecule has 5 nitrogen and oxygen atoms in total. The Morgan fingerprint density at radius 3 is 2.71 bits per heavy atom. The minimum atomic E-state index is -0.864. The van der Waals surface area contributed by atoms with Gasteiger partial charge in [-0.25, -0.2) is 4.79 Å². The summed E-state index contributed by atoms with van der Waals surface area (Å²) in [5.74, 6) is 0. The molecule has 1 saturated heterocycles. The molecule has 14 heavy (non-hydrogen) atoms. The van der Waals surface area contributed by atoms with Crippen molar-refractivity contribution in [2.45, 2.75) is 18.6 Å². The summed E-state index contributed by atoms with van der Waals surface area (Å²) < 4.78 is 5.21. The van der Waals surface area contributed by atoms with Gasteiger partial charge in [0.25, 0.3) is 0 Å². The third-order valence-electron chi connectivity index (χ3n) is 2.50. The van der Waals surface area contributed by atoms with Gasteiger partial charge in [0.1, 0.15) is 0 Å². The fourth-order valence-corrected chi connectivity index (χ4v) is 1.66. The minimum Gasteiger partial charge on any atom is -0.465 e. The fraction of sp³-hybridized carbons (Fsp3) is 0.875. The van der Waals surface area contributed by atoms with Crippen LogP contribution in [0, 0.1) is 0 Å². The molecule has 1 rings (SSSR count). The number of piperidine rings is 1. The number of nitrogens with one attached hydrogen (secondary N) is 1. The fourth-order valence-electron chi connectivity index (χ4n) is 1.66.